The molecule has 2 aromatic carbocycles. The molecular formula is C20H18Cl3FN4O2. The quantitative estimate of drug-likeness (QED) is 0.523. The Balaban J connectivity index is 1.75. The molecule has 10 heteroatoms. The Labute approximate surface area is 187 Å². The number of nitrogens with zero attached hydrogens (tertiary/aromatic N) is 3. The number of carbonyl (C=O) groups excluding carboxylic acids is 1. The molecule has 0 unspecified atom stereocenters. The molecule has 3 rings (SSSR count). The molecule has 0 fully saturated rings. The van der Waals surface area contributed by atoms with Gasteiger partial charge in [0.2, 0.25) is 5.91 Å². The molecule has 0 spiro atoms. The van der Waals surface area contributed by atoms with Crippen molar-refractivity contribution in [1.82, 2.24) is 20.1 Å². The Bertz CT molecular complexity index is 1040. The Morgan fingerprint density at radius 3 is 2.57 bits per heavy atom. The fourth-order valence-corrected chi connectivity index (χ4v) is 3.43. The number of amides is 1. The minimum absolute atomic E-state index is 0.0123. The molecule has 0 aliphatic heterocycles. The van der Waals surface area contributed by atoms with Gasteiger partial charge in [0, 0.05) is 29.3 Å². The normalized spacial score (nSPS) is 11.0. The summed E-state index contributed by atoms with van der Waals surface area (Å²) in [6.45, 7) is 1.04. The first-order chi connectivity index (χ1) is 14.4. The van der Waals surface area contributed by atoms with E-state index in [0.717, 1.165) is 5.56 Å². The molecule has 1 amide bonds. The van der Waals surface area contributed by atoms with Crippen molar-refractivity contribution in [2.75, 3.05) is 13.7 Å². The van der Waals surface area contributed by atoms with Crippen molar-refractivity contribution in [1.29, 1.82) is 0 Å². The maximum atomic E-state index is 13.8. The first kappa shape index (κ1) is 22.5. The van der Waals surface area contributed by atoms with Crippen LogP contribution in [0.2, 0.25) is 15.1 Å². The van der Waals surface area contributed by atoms with Crippen LogP contribution in [0.3, 0.4) is 0 Å². The Kier molecular flexibility index (Phi) is 7.66. The fourth-order valence-electron chi connectivity index (χ4n) is 2.74. The lowest BCUT2D eigenvalue weighted by Crippen LogP contribution is -2.26. The molecule has 0 aliphatic carbocycles. The average molecular weight is 472 g/mol. The van der Waals surface area contributed by atoms with Gasteiger partial charge in [0.25, 0.3) is 0 Å². The zero-order valence-corrected chi connectivity index (χ0v) is 18.2. The molecule has 3 aromatic rings. The van der Waals surface area contributed by atoms with Gasteiger partial charge in [0.05, 0.1) is 24.6 Å². The number of ether oxygens (including phenoxy) is 1. The zero-order valence-electron chi connectivity index (χ0n) is 16.0. The van der Waals surface area contributed by atoms with Crippen molar-refractivity contribution in [3.05, 3.63) is 68.7 Å². The summed E-state index contributed by atoms with van der Waals surface area (Å²) in [7, 11) is 1.56. The van der Waals surface area contributed by atoms with E-state index in [1.54, 1.807) is 36.1 Å². The minimum atomic E-state index is -0.568. The lowest BCUT2D eigenvalue weighted by Gasteiger charge is -2.07. The van der Waals surface area contributed by atoms with Crippen LogP contribution in [-0.4, -0.2) is 34.4 Å². The van der Waals surface area contributed by atoms with E-state index in [0.29, 0.717) is 40.4 Å². The number of rotatable bonds is 8. The molecule has 0 aliphatic rings. The molecule has 1 heterocycles. The minimum Gasteiger partial charge on any atom is -0.383 e. The summed E-state index contributed by atoms with van der Waals surface area (Å²) in [6, 6.07) is 9.38. The highest BCUT2D eigenvalue weighted by Crippen LogP contribution is 2.22. The highest BCUT2D eigenvalue weighted by Gasteiger charge is 2.16. The Hall–Kier alpha value is -2.19. The van der Waals surface area contributed by atoms with Crippen LogP contribution in [0.1, 0.15) is 11.4 Å². The first-order valence-corrected chi connectivity index (χ1v) is 10.1. The smallest absolute Gasteiger partial charge is 0.227 e. The molecule has 158 valence electrons. The summed E-state index contributed by atoms with van der Waals surface area (Å²) >= 11 is 17.7. The molecule has 0 atom stereocenters. The van der Waals surface area contributed by atoms with Crippen LogP contribution in [0.4, 0.5) is 4.39 Å². The lowest BCUT2D eigenvalue weighted by atomic mass is 10.2. The van der Waals surface area contributed by atoms with Crippen molar-refractivity contribution in [2.45, 2.75) is 19.5 Å². The highest BCUT2D eigenvalue weighted by molar-refractivity contribution is 6.34. The summed E-state index contributed by atoms with van der Waals surface area (Å²) in [4.78, 5) is 16.9. The molecular weight excluding hydrogens is 454 g/mol. The molecule has 0 saturated heterocycles. The summed E-state index contributed by atoms with van der Waals surface area (Å²) < 4.78 is 20.5. The number of benzene rings is 2. The molecule has 6 nitrogen and oxygen atoms in total. The Morgan fingerprint density at radius 1 is 1.17 bits per heavy atom. The molecule has 0 radical (unpaired) electrons. The van der Waals surface area contributed by atoms with Crippen LogP contribution < -0.4 is 5.32 Å². The van der Waals surface area contributed by atoms with E-state index >= 15 is 0 Å². The van der Waals surface area contributed by atoms with E-state index in [4.69, 9.17) is 39.5 Å². The molecule has 1 aromatic heterocycles. The molecule has 0 saturated carbocycles. The van der Waals surface area contributed by atoms with Gasteiger partial charge in [-0.3, -0.25) is 4.79 Å². The second kappa shape index (κ2) is 10.2. The van der Waals surface area contributed by atoms with Gasteiger partial charge in [-0.2, -0.15) is 5.10 Å². The van der Waals surface area contributed by atoms with Gasteiger partial charge in [-0.15, -0.1) is 0 Å². The van der Waals surface area contributed by atoms with Gasteiger partial charge in [-0.1, -0.05) is 34.8 Å². The van der Waals surface area contributed by atoms with E-state index in [2.05, 4.69) is 15.4 Å². The maximum Gasteiger partial charge on any atom is 0.227 e. The van der Waals surface area contributed by atoms with Crippen LogP contribution in [0.25, 0.3) is 11.4 Å². The largest absolute Gasteiger partial charge is 0.383 e. The third-order valence-electron chi connectivity index (χ3n) is 4.16. The van der Waals surface area contributed by atoms with Gasteiger partial charge in [-0.05, 0) is 42.0 Å². The highest BCUT2D eigenvalue weighted by atomic mass is 35.5. The molecule has 1 N–H and O–H groups in total. The average Bonchev–Trinajstić information content (AvgIpc) is 3.08. The van der Waals surface area contributed by atoms with E-state index in [-0.39, 0.29) is 23.9 Å². The standard InChI is InChI=1S/C20H18Cl3FN4O2/c1-30-5-4-28-18(26-20(27-28)13-2-3-16(23)17(24)8-13)10-19(29)25-11-12-6-14(21)9-15(22)7-12/h2-3,6-9H,4-5,10-11H2,1H3,(H,25,29). The molecule has 30 heavy (non-hydrogen) atoms. The van der Waals surface area contributed by atoms with Crippen molar-refractivity contribution >= 4 is 40.7 Å². The van der Waals surface area contributed by atoms with Crippen molar-refractivity contribution in [2.24, 2.45) is 0 Å². The summed E-state index contributed by atoms with van der Waals surface area (Å²) in [5.74, 6) is -0.0991. The van der Waals surface area contributed by atoms with Gasteiger partial charge < -0.3 is 10.1 Å². The van der Waals surface area contributed by atoms with Crippen molar-refractivity contribution < 1.29 is 13.9 Å². The van der Waals surface area contributed by atoms with E-state index in [1.807, 2.05) is 0 Å². The number of halogens is 4. The van der Waals surface area contributed by atoms with Crippen LogP contribution in [0.5, 0.6) is 0 Å². The number of hydrogen-bond acceptors (Lipinski definition) is 4. The summed E-state index contributed by atoms with van der Waals surface area (Å²) in [5.41, 5.74) is 1.24. The fraction of sp³-hybridized carbons (Fsp3) is 0.250. The third kappa shape index (κ3) is 5.92. The topological polar surface area (TPSA) is 69.0 Å². The van der Waals surface area contributed by atoms with E-state index < -0.39 is 5.82 Å². The predicted octanol–water partition coefficient (Wildman–Crippen LogP) is 4.55. The second-order valence-electron chi connectivity index (χ2n) is 6.43. The van der Waals surface area contributed by atoms with Crippen LogP contribution in [0.15, 0.2) is 36.4 Å². The van der Waals surface area contributed by atoms with Gasteiger partial charge in [-0.25, -0.2) is 14.1 Å². The number of aromatic nitrogens is 3. The molecule has 0 bridgehead atoms. The monoisotopic (exact) mass is 470 g/mol. The second-order valence-corrected chi connectivity index (χ2v) is 7.71. The Morgan fingerprint density at radius 2 is 1.90 bits per heavy atom. The van der Waals surface area contributed by atoms with Crippen LogP contribution >= 0.6 is 34.8 Å². The third-order valence-corrected chi connectivity index (χ3v) is 4.91. The van der Waals surface area contributed by atoms with Crippen LogP contribution in [0, 0.1) is 5.82 Å². The van der Waals surface area contributed by atoms with Crippen molar-refractivity contribution in [3.63, 3.8) is 0 Å². The SMILES string of the molecule is COCCn1nc(-c2ccc(Cl)c(F)c2)nc1CC(=O)NCc1cc(Cl)cc(Cl)c1. The number of methoxy groups -OCH3 is 1. The van der Waals surface area contributed by atoms with E-state index in [9.17, 15) is 9.18 Å². The lowest BCUT2D eigenvalue weighted by molar-refractivity contribution is -0.120. The maximum absolute atomic E-state index is 13.8. The van der Waals surface area contributed by atoms with Gasteiger partial charge in [0.15, 0.2) is 5.82 Å². The van der Waals surface area contributed by atoms with E-state index in [1.165, 1.54) is 12.1 Å². The predicted molar refractivity (Wildman–Crippen MR) is 114 cm³/mol. The number of carbonyl (C=O) groups is 1. The number of nitrogens with one attached hydrogen (secondary N) is 1. The summed E-state index contributed by atoms with van der Waals surface area (Å²) in [5, 5.41) is 8.18. The first-order valence-electron chi connectivity index (χ1n) is 8.95. The van der Waals surface area contributed by atoms with Gasteiger partial charge >= 0.3 is 0 Å². The van der Waals surface area contributed by atoms with Crippen LogP contribution in [-0.2, 0) is 29.0 Å². The zero-order chi connectivity index (χ0) is 21.7. The number of hydrogen-bond donors (Lipinski definition) is 1. The summed E-state index contributed by atoms with van der Waals surface area (Å²) in [6.07, 6.45) is -0.0128. The van der Waals surface area contributed by atoms with Crippen molar-refractivity contribution in [3.8, 4) is 11.4 Å². The van der Waals surface area contributed by atoms with Gasteiger partial charge in [0.1, 0.15) is 11.6 Å².